The summed E-state index contributed by atoms with van der Waals surface area (Å²) >= 11 is 0. The fraction of sp³-hybridized carbons (Fsp3) is 0.444. The number of nitrogens with one attached hydrogen (secondary N) is 2. The topological polar surface area (TPSA) is 229 Å². The van der Waals surface area contributed by atoms with Gasteiger partial charge in [-0.3, -0.25) is 29.8 Å². The molecule has 2 aliphatic heterocycles. The van der Waals surface area contributed by atoms with Crippen molar-refractivity contribution in [3.05, 3.63) is 118 Å². The van der Waals surface area contributed by atoms with Crippen LogP contribution in [0.3, 0.4) is 0 Å². The summed E-state index contributed by atoms with van der Waals surface area (Å²) in [6.07, 6.45) is 2.38. The summed E-state index contributed by atoms with van der Waals surface area (Å²) in [4.78, 5) is 79.1. The first kappa shape index (κ1) is 58.7. The Labute approximate surface area is 433 Å². The largest absolute Gasteiger partial charge is 0.493 e. The van der Waals surface area contributed by atoms with Crippen LogP contribution in [0.15, 0.2) is 84.9 Å². The maximum atomic E-state index is 13.5. The van der Waals surface area contributed by atoms with Crippen molar-refractivity contribution in [3.63, 3.8) is 0 Å². The molecule has 0 spiro atoms. The molecular formula is C54H69ClN4O14. The van der Waals surface area contributed by atoms with E-state index in [-0.39, 0.29) is 51.6 Å². The average Bonchev–Trinajstić information content (AvgIpc) is 3.39. The number of carboxylic acids is 2. The van der Waals surface area contributed by atoms with Gasteiger partial charge in [-0.15, -0.1) is 12.4 Å². The minimum absolute atomic E-state index is 0. The van der Waals surface area contributed by atoms with Crippen LogP contribution in [-0.2, 0) is 77.0 Å². The van der Waals surface area contributed by atoms with Gasteiger partial charge in [0.15, 0.2) is 23.0 Å². The fourth-order valence-corrected chi connectivity index (χ4v) is 8.91. The molecule has 0 fully saturated rings. The molecule has 396 valence electrons. The number of halogens is 1. The summed E-state index contributed by atoms with van der Waals surface area (Å²) < 4.78 is 31.9. The van der Waals surface area contributed by atoms with Gasteiger partial charge in [0.2, 0.25) is 11.8 Å². The molecule has 4 N–H and O–H groups in total. The quantitative estimate of drug-likeness (QED) is 0.0704. The molecule has 0 aromatic heterocycles. The molecule has 6 rings (SSSR count). The number of nitrogens with zero attached hydrogens (tertiary/aromatic N) is 2. The van der Waals surface area contributed by atoms with Crippen molar-refractivity contribution in [2.75, 3.05) is 41.7 Å². The number of carbonyl (C=O) groups excluding carboxylic acids is 4. The number of carbonyl (C=O) groups is 6. The van der Waals surface area contributed by atoms with E-state index in [2.05, 4.69) is 10.6 Å². The molecule has 2 amide bonds. The number of amides is 2. The first-order chi connectivity index (χ1) is 34.6. The van der Waals surface area contributed by atoms with Crippen molar-refractivity contribution in [2.24, 2.45) is 0 Å². The second-order valence-electron chi connectivity index (χ2n) is 17.4. The highest BCUT2D eigenvalue weighted by Crippen LogP contribution is 2.36. The fourth-order valence-electron chi connectivity index (χ4n) is 8.91. The summed E-state index contributed by atoms with van der Waals surface area (Å²) in [5.74, 6) is -1.86. The molecular weight excluding hydrogens is 964 g/mol. The number of aliphatic carboxylic acids is 2. The average molecular weight is 1030 g/mol. The van der Waals surface area contributed by atoms with E-state index in [9.17, 15) is 39.0 Å². The normalized spacial score (nSPS) is 16.2. The predicted octanol–water partition coefficient (Wildman–Crippen LogP) is 5.59. The van der Waals surface area contributed by atoms with E-state index in [1.54, 1.807) is 52.0 Å². The molecule has 4 aromatic rings. The zero-order valence-electron chi connectivity index (χ0n) is 42.7. The van der Waals surface area contributed by atoms with Gasteiger partial charge in [-0.1, -0.05) is 60.7 Å². The van der Waals surface area contributed by atoms with Crippen molar-refractivity contribution < 1.29 is 67.4 Å². The Balaban J connectivity index is 0.000000312. The van der Waals surface area contributed by atoms with E-state index >= 15 is 0 Å². The van der Waals surface area contributed by atoms with E-state index in [0.717, 1.165) is 33.4 Å². The van der Waals surface area contributed by atoms with Crippen molar-refractivity contribution in [2.45, 2.75) is 116 Å². The van der Waals surface area contributed by atoms with Gasteiger partial charge in [0.25, 0.3) is 0 Å². The second-order valence-corrected chi connectivity index (χ2v) is 17.4. The highest BCUT2D eigenvalue weighted by molar-refractivity contribution is 5.89. The van der Waals surface area contributed by atoms with E-state index in [0.29, 0.717) is 48.7 Å². The third kappa shape index (κ3) is 15.6. The van der Waals surface area contributed by atoms with E-state index in [1.165, 1.54) is 38.2 Å². The number of esters is 2. The summed E-state index contributed by atoms with van der Waals surface area (Å²) in [6.45, 7) is 7.39. The summed E-state index contributed by atoms with van der Waals surface area (Å²) in [7, 11) is 6.07. The van der Waals surface area contributed by atoms with Gasteiger partial charge in [-0.05, 0) is 111 Å². The second kappa shape index (κ2) is 28.4. The minimum Gasteiger partial charge on any atom is -0.493 e. The van der Waals surface area contributed by atoms with E-state index in [4.69, 9.17) is 28.4 Å². The molecule has 18 nitrogen and oxygen atoms in total. The van der Waals surface area contributed by atoms with Crippen LogP contribution in [0.4, 0.5) is 0 Å². The number of aryl methyl sites for hydroxylation is 2. The molecule has 2 aliphatic rings. The first-order valence-electron chi connectivity index (χ1n) is 24.0. The molecule has 2 heterocycles. The molecule has 4 aromatic carbocycles. The van der Waals surface area contributed by atoms with Crippen molar-refractivity contribution in [3.8, 4) is 23.0 Å². The number of carboxylic acid groups (broad SMARTS) is 2. The zero-order valence-corrected chi connectivity index (χ0v) is 43.5. The molecule has 73 heavy (non-hydrogen) atoms. The highest BCUT2D eigenvalue weighted by Gasteiger charge is 2.40. The molecule has 0 aliphatic carbocycles. The Bertz CT molecular complexity index is 2330. The van der Waals surface area contributed by atoms with Crippen molar-refractivity contribution >= 4 is 48.1 Å². The van der Waals surface area contributed by atoms with Gasteiger partial charge in [-0.2, -0.15) is 0 Å². The monoisotopic (exact) mass is 1030 g/mol. The zero-order chi connectivity index (χ0) is 52.5. The number of rotatable bonds is 22. The number of ether oxygens (including phenoxy) is 6. The lowest BCUT2D eigenvalue weighted by atomic mass is 9.92. The Morgan fingerprint density at radius 3 is 1.15 bits per heavy atom. The van der Waals surface area contributed by atoms with Crippen LogP contribution in [0.1, 0.15) is 73.9 Å². The Hall–Kier alpha value is -6.89. The SMILES string of the molecule is CCOC(=O)[C@H](CCc1ccccc1)N[C@@H](C)C(=O)N1Cc2cc(OC)c(OC)cc2C[C@H]1C(=O)O.CCOC(=O)[C@H](CCc1ccccc1)N[C@@H](C)C(=O)N1Cc2cc(OC)c(OC)cc2C[C@H]1C(=O)O.Cl. The standard InChI is InChI=1S/2C27H34N2O7.ClH/c2*1-5-36-27(33)21(12-11-18-9-7-6-8-10-18)28-17(2)25(30)29-16-20-15-24(35-4)23(34-3)14-19(20)13-22(29)26(31)32;/h2*6-10,14-15,17,21-22,28H,5,11-13,16H2,1-4H3,(H,31,32);1H/t2*17-,21-,22-;/m00./s1. The summed E-state index contributed by atoms with van der Waals surface area (Å²) in [6, 6.07) is 21.4. The highest BCUT2D eigenvalue weighted by atomic mass is 35.5. The lowest BCUT2D eigenvalue weighted by molar-refractivity contribution is -0.153. The molecule has 0 bridgehead atoms. The van der Waals surface area contributed by atoms with Crippen LogP contribution < -0.4 is 29.6 Å². The van der Waals surface area contributed by atoms with Crippen LogP contribution in [0.25, 0.3) is 0 Å². The van der Waals surface area contributed by atoms with Crippen LogP contribution >= 0.6 is 12.4 Å². The maximum absolute atomic E-state index is 13.5. The molecule has 0 saturated heterocycles. The lowest BCUT2D eigenvalue weighted by Gasteiger charge is -2.37. The van der Waals surface area contributed by atoms with Crippen LogP contribution in [0, 0.1) is 0 Å². The first-order valence-corrected chi connectivity index (χ1v) is 24.0. The Morgan fingerprint density at radius 2 is 0.863 bits per heavy atom. The molecule has 19 heteroatoms. The number of fused-ring (bicyclic) bond motifs is 2. The van der Waals surface area contributed by atoms with Gasteiger partial charge >= 0.3 is 23.9 Å². The summed E-state index contributed by atoms with van der Waals surface area (Å²) in [5, 5.41) is 26.0. The third-order valence-corrected chi connectivity index (χ3v) is 12.7. The predicted molar refractivity (Wildman–Crippen MR) is 273 cm³/mol. The lowest BCUT2D eigenvalue weighted by Crippen LogP contribution is -2.56. The van der Waals surface area contributed by atoms with Gasteiger partial charge in [-0.25, -0.2) is 9.59 Å². The number of hydrogen-bond donors (Lipinski definition) is 4. The maximum Gasteiger partial charge on any atom is 0.326 e. The van der Waals surface area contributed by atoms with Gasteiger partial charge in [0.05, 0.1) is 53.7 Å². The molecule has 0 unspecified atom stereocenters. The van der Waals surface area contributed by atoms with Crippen LogP contribution in [-0.4, -0.2) is 134 Å². The summed E-state index contributed by atoms with van der Waals surface area (Å²) in [5.41, 5.74) is 5.29. The van der Waals surface area contributed by atoms with Gasteiger partial charge in [0, 0.05) is 25.9 Å². The molecule has 6 atom stereocenters. The molecule has 0 saturated carbocycles. The Kier molecular flexibility index (Phi) is 22.8. The van der Waals surface area contributed by atoms with Gasteiger partial charge in [0.1, 0.15) is 24.2 Å². The van der Waals surface area contributed by atoms with Gasteiger partial charge < -0.3 is 48.4 Å². The number of hydrogen-bond acceptors (Lipinski definition) is 14. The van der Waals surface area contributed by atoms with Crippen molar-refractivity contribution in [1.82, 2.24) is 20.4 Å². The Morgan fingerprint density at radius 1 is 0.548 bits per heavy atom. The van der Waals surface area contributed by atoms with Crippen LogP contribution in [0.2, 0.25) is 0 Å². The van der Waals surface area contributed by atoms with E-state index < -0.39 is 71.9 Å². The van der Waals surface area contributed by atoms with Crippen LogP contribution in [0.5, 0.6) is 23.0 Å². The van der Waals surface area contributed by atoms with Crippen molar-refractivity contribution in [1.29, 1.82) is 0 Å². The number of benzene rings is 4. The smallest absolute Gasteiger partial charge is 0.326 e. The molecule has 0 radical (unpaired) electrons. The number of methoxy groups -OCH3 is 4. The minimum atomic E-state index is -1.10. The third-order valence-electron chi connectivity index (χ3n) is 12.7. The van der Waals surface area contributed by atoms with E-state index in [1.807, 2.05) is 60.7 Å².